The first-order valence-electron chi connectivity index (χ1n) is 6.86. The molecule has 0 amide bonds. The number of carboxylic acids is 2. The molecule has 2 atom stereocenters. The Morgan fingerprint density at radius 3 is 2.67 bits per heavy atom. The fraction of sp³-hybridized carbons (Fsp3) is 0.467. The molecule has 1 heterocycles. The summed E-state index contributed by atoms with van der Waals surface area (Å²) in [6.45, 7) is 2.30. The van der Waals surface area contributed by atoms with Crippen molar-refractivity contribution in [1.82, 2.24) is 4.90 Å². The summed E-state index contributed by atoms with van der Waals surface area (Å²) in [5.74, 6) is -2.89. The van der Waals surface area contributed by atoms with Crippen molar-refractivity contribution < 1.29 is 24.2 Å². The fourth-order valence-corrected chi connectivity index (χ4v) is 2.79. The van der Waals surface area contributed by atoms with E-state index in [9.17, 15) is 19.1 Å². The molecule has 0 bridgehead atoms. The van der Waals surface area contributed by atoms with E-state index in [1.807, 2.05) is 0 Å². The fourth-order valence-electron chi connectivity index (χ4n) is 2.79. The number of likely N-dealkylation sites (tertiary alicyclic amines) is 1. The van der Waals surface area contributed by atoms with E-state index in [2.05, 4.69) is 0 Å². The second kappa shape index (κ2) is 6.22. The Morgan fingerprint density at radius 1 is 1.38 bits per heavy atom. The number of hydrogen-bond donors (Lipinski definition) is 2. The summed E-state index contributed by atoms with van der Waals surface area (Å²) in [5, 5.41) is 18.6. The lowest BCUT2D eigenvalue weighted by atomic mass is 9.94. The number of nitrogens with zero attached hydrogens (tertiary/aromatic N) is 1. The van der Waals surface area contributed by atoms with Crippen LogP contribution in [0.25, 0.3) is 0 Å². The van der Waals surface area contributed by atoms with Gasteiger partial charge in [-0.15, -0.1) is 0 Å². The van der Waals surface area contributed by atoms with E-state index < -0.39 is 23.9 Å². The van der Waals surface area contributed by atoms with Crippen LogP contribution in [0.2, 0.25) is 0 Å². The van der Waals surface area contributed by atoms with Crippen LogP contribution in [0.5, 0.6) is 0 Å². The quantitative estimate of drug-likeness (QED) is 0.889. The number of piperidine rings is 1. The van der Waals surface area contributed by atoms with Crippen LogP contribution < -0.4 is 0 Å². The highest BCUT2D eigenvalue weighted by atomic mass is 19.1. The summed E-state index contributed by atoms with van der Waals surface area (Å²) in [6.07, 6.45) is 1.20. The highest BCUT2D eigenvalue weighted by molar-refractivity contribution is 5.76. The molecule has 1 aliphatic heterocycles. The van der Waals surface area contributed by atoms with E-state index in [-0.39, 0.29) is 12.4 Å². The summed E-state index contributed by atoms with van der Waals surface area (Å²) >= 11 is 0. The molecular formula is C15H18FNO4. The minimum absolute atomic E-state index is 0.197. The van der Waals surface area contributed by atoms with Crippen LogP contribution in [0.4, 0.5) is 4.39 Å². The Hall–Kier alpha value is -1.95. The maximum atomic E-state index is 13.3. The molecule has 0 aliphatic carbocycles. The summed E-state index contributed by atoms with van der Waals surface area (Å²) in [6, 6.07) is 3.27. The first-order valence-corrected chi connectivity index (χ1v) is 6.86. The van der Waals surface area contributed by atoms with Crippen molar-refractivity contribution in [2.24, 2.45) is 5.92 Å². The average Bonchev–Trinajstić information content (AvgIpc) is 2.43. The van der Waals surface area contributed by atoms with Gasteiger partial charge in [0, 0.05) is 6.54 Å². The molecule has 1 saturated heterocycles. The van der Waals surface area contributed by atoms with Crippen molar-refractivity contribution in [3.63, 3.8) is 0 Å². The largest absolute Gasteiger partial charge is 0.481 e. The zero-order chi connectivity index (χ0) is 15.6. The summed E-state index contributed by atoms with van der Waals surface area (Å²) in [4.78, 5) is 24.3. The molecule has 1 aliphatic rings. The Morgan fingerprint density at radius 2 is 2.10 bits per heavy atom. The van der Waals surface area contributed by atoms with E-state index in [0.717, 1.165) is 0 Å². The third-order valence-corrected chi connectivity index (χ3v) is 3.90. The Kier molecular flexibility index (Phi) is 4.57. The monoisotopic (exact) mass is 295 g/mol. The van der Waals surface area contributed by atoms with Crippen LogP contribution in [0.3, 0.4) is 0 Å². The van der Waals surface area contributed by atoms with E-state index >= 15 is 0 Å². The van der Waals surface area contributed by atoms with Gasteiger partial charge in [0.1, 0.15) is 11.9 Å². The van der Waals surface area contributed by atoms with E-state index in [1.54, 1.807) is 11.8 Å². The summed E-state index contributed by atoms with van der Waals surface area (Å²) in [5.41, 5.74) is 0.859. The molecule has 2 N–H and O–H groups in total. The molecule has 2 unspecified atom stereocenters. The average molecular weight is 295 g/mol. The van der Waals surface area contributed by atoms with Crippen molar-refractivity contribution in [1.29, 1.82) is 0 Å². The zero-order valence-corrected chi connectivity index (χ0v) is 11.8. The highest BCUT2D eigenvalue weighted by Gasteiger charge is 2.34. The van der Waals surface area contributed by atoms with E-state index in [1.165, 1.54) is 18.2 Å². The Bertz CT molecular complexity index is 561. The molecule has 0 radical (unpaired) electrons. The molecule has 114 valence electrons. The van der Waals surface area contributed by atoms with Crippen molar-refractivity contribution in [3.05, 3.63) is 35.1 Å². The maximum Gasteiger partial charge on any atom is 0.325 e. The first-order chi connectivity index (χ1) is 9.90. The van der Waals surface area contributed by atoms with Gasteiger partial charge in [-0.1, -0.05) is 12.1 Å². The van der Waals surface area contributed by atoms with Crippen LogP contribution >= 0.6 is 0 Å². The van der Waals surface area contributed by atoms with Gasteiger partial charge in [-0.2, -0.15) is 0 Å². The molecule has 0 spiro atoms. The van der Waals surface area contributed by atoms with E-state index in [4.69, 9.17) is 5.11 Å². The van der Waals surface area contributed by atoms with Crippen LogP contribution in [0.1, 0.15) is 30.0 Å². The lowest BCUT2D eigenvalue weighted by molar-refractivity contribution is -0.149. The number of carbonyl (C=O) groups is 2. The Balaban J connectivity index is 2.28. The number of aryl methyl sites for hydroxylation is 1. The van der Waals surface area contributed by atoms with Gasteiger partial charge < -0.3 is 10.2 Å². The van der Waals surface area contributed by atoms with Gasteiger partial charge in [-0.25, -0.2) is 4.39 Å². The minimum Gasteiger partial charge on any atom is -0.481 e. The van der Waals surface area contributed by atoms with Gasteiger partial charge >= 0.3 is 11.9 Å². The standard InChI is InChI=1S/C15H18FNO4/c1-9-7-10(4-5-12(9)16)13(15(20)21)17-6-2-3-11(8-17)14(18)19/h4-5,7,11,13H,2-3,6,8H2,1H3,(H,18,19)(H,20,21). The van der Waals surface area contributed by atoms with E-state index in [0.29, 0.717) is 30.5 Å². The van der Waals surface area contributed by atoms with Crippen LogP contribution in [-0.2, 0) is 9.59 Å². The van der Waals surface area contributed by atoms with Gasteiger partial charge in [0.2, 0.25) is 0 Å². The van der Waals surface area contributed by atoms with Gasteiger partial charge in [0.25, 0.3) is 0 Å². The number of hydrogen-bond acceptors (Lipinski definition) is 3. The number of rotatable bonds is 4. The molecule has 6 heteroatoms. The van der Waals surface area contributed by atoms with Crippen molar-refractivity contribution in [2.45, 2.75) is 25.8 Å². The molecule has 5 nitrogen and oxygen atoms in total. The second-order valence-corrected chi connectivity index (χ2v) is 5.42. The molecule has 1 aromatic carbocycles. The molecular weight excluding hydrogens is 277 g/mol. The minimum atomic E-state index is -1.05. The smallest absolute Gasteiger partial charge is 0.325 e. The van der Waals surface area contributed by atoms with Gasteiger partial charge in [0.05, 0.1) is 5.92 Å². The summed E-state index contributed by atoms with van der Waals surface area (Å²) < 4.78 is 13.3. The van der Waals surface area contributed by atoms with Gasteiger partial charge in [0.15, 0.2) is 0 Å². The first kappa shape index (κ1) is 15.4. The topological polar surface area (TPSA) is 77.8 Å². The van der Waals surface area contributed by atoms with Crippen molar-refractivity contribution in [2.75, 3.05) is 13.1 Å². The SMILES string of the molecule is Cc1cc(C(C(=O)O)N2CCCC(C(=O)O)C2)ccc1F. The predicted octanol–water partition coefficient (Wildman–Crippen LogP) is 2.06. The molecule has 1 fully saturated rings. The van der Waals surface area contributed by atoms with Crippen LogP contribution in [0.15, 0.2) is 18.2 Å². The molecule has 2 rings (SSSR count). The molecule has 1 aromatic rings. The third kappa shape index (κ3) is 3.39. The molecule has 0 aromatic heterocycles. The molecule has 21 heavy (non-hydrogen) atoms. The lowest BCUT2D eigenvalue weighted by Gasteiger charge is -2.35. The zero-order valence-electron chi connectivity index (χ0n) is 11.8. The predicted molar refractivity (Wildman–Crippen MR) is 73.4 cm³/mol. The maximum absolute atomic E-state index is 13.3. The van der Waals surface area contributed by atoms with Crippen LogP contribution in [0, 0.1) is 18.7 Å². The third-order valence-electron chi connectivity index (χ3n) is 3.90. The number of benzene rings is 1. The summed E-state index contributed by atoms with van der Waals surface area (Å²) in [7, 11) is 0. The van der Waals surface area contributed by atoms with Gasteiger partial charge in [-0.3, -0.25) is 14.5 Å². The van der Waals surface area contributed by atoms with Crippen molar-refractivity contribution >= 4 is 11.9 Å². The highest BCUT2D eigenvalue weighted by Crippen LogP contribution is 2.28. The Labute approximate surface area is 122 Å². The number of carboxylic acid groups (broad SMARTS) is 2. The molecule has 0 saturated carbocycles. The van der Waals surface area contributed by atoms with Crippen molar-refractivity contribution in [3.8, 4) is 0 Å². The lowest BCUT2D eigenvalue weighted by Crippen LogP contribution is -2.43. The van der Waals surface area contributed by atoms with Crippen LogP contribution in [-0.4, -0.2) is 40.1 Å². The normalized spacial score (nSPS) is 21.0. The second-order valence-electron chi connectivity index (χ2n) is 5.42. The number of aliphatic carboxylic acids is 2. The number of halogens is 1. The van der Waals surface area contributed by atoms with Gasteiger partial charge in [-0.05, 0) is 43.5 Å².